The van der Waals surface area contributed by atoms with Crippen molar-refractivity contribution >= 4 is 5.97 Å². The first-order valence-electron chi connectivity index (χ1n) is 7.49. The van der Waals surface area contributed by atoms with E-state index < -0.39 is 5.54 Å². The molecule has 0 spiro atoms. The van der Waals surface area contributed by atoms with Crippen LogP contribution in [0, 0.1) is 0 Å². The van der Waals surface area contributed by atoms with Gasteiger partial charge in [-0.25, -0.2) is 4.79 Å². The van der Waals surface area contributed by atoms with Crippen LogP contribution in [0.1, 0.15) is 18.9 Å². The van der Waals surface area contributed by atoms with Crippen molar-refractivity contribution < 1.29 is 9.53 Å². The van der Waals surface area contributed by atoms with Crippen molar-refractivity contribution in [3.05, 3.63) is 48.6 Å². The predicted octanol–water partition coefficient (Wildman–Crippen LogP) is 1.97. The fourth-order valence-electron chi connectivity index (χ4n) is 2.79. The van der Waals surface area contributed by atoms with Gasteiger partial charge in [-0.2, -0.15) is 0 Å². The lowest BCUT2D eigenvalue weighted by atomic mass is 9.98. The maximum Gasteiger partial charge on any atom is 0.327 e. The van der Waals surface area contributed by atoms with Crippen molar-refractivity contribution in [1.29, 1.82) is 0 Å². The minimum absolute atomic E-state index is 0.151. The predicted molar refractivity (Wildman–Crippen MR) is 83.9 cm³/mol. The summed E-state index contributed by atoms with van der Waals surface area (Å²) >= 11 is 0. The highest BCUT2D eigenvalue weighted by Crippen LogP contribution is 2.24. The van der Waals surface area contributed by atoms with Crippen LogP contribution < -0.4 is 5.32 Å². The Bertz CT molecular complexity index is 475. The fourth-order valence-corrected chi connectivity index (χ4v) is 2.79. The summed E-state index contributed by atoms with van der Waals surface area (Å²) in [6, 6.07) is 10.3. The standard InChI is InChI=1S/C17H24N2O2/c1-3-11-18-17(16(20)21-4-2)10-12-19(14-17)13-15-8-6-5-7-9-15/h3,5-9,18H,1,4,10-14H2,2H3. The molecule has 1 aliphatic rings. The number of nitrogens with one attached hydrogen (secondary N) is 1. The highest BCUT2D eigenvalue weighted by atomic mass is 16.5. The van der Waals surface area contributed by atoms with Gasteiger partial charge in [0.1, 0.15) is 5.54 Å². The van der Waals surface area contributed by atoms with Gasteiger partial charge in [-0.15, -0.1) is 6.58 Å². The Balaban J connectivity index is 2.03. The van der Waals surface area contributed by atoms with E-state index in [1.165, 1.54) is 5.56 Å². The summed E-state index contributed by atoms with van der Waals surface area (Å²) in [5.74, 6) is -0.151. The fraction of sp³-hybridized carbons (Fsp3) is 0.471. The first kappa shape index (κ1) is 15.7. The molecule has 1 aromatic rings. The van der Waals surface area contributed by atoms with Gasteiger partial charge in [0, 0.05) is 26.2 Å². The van der Waals surface area contributed by atoms with Crippen LogP contribution in [0.3, 0.4) is 0 Å². The third-order valence-electron chi connectivity index (χ3n) is 3.85. The summed E-state index contributed by atoms with van der Waals surface area (Å²) in [5.41, 5.74) is 0.666. The van der Waals surface area contributed by atoms with Crippen LogP contribution in [-0.2, 0) is 16.1 Å². The van der Waals surface area contributed by atoms with Crippen LogP contribution in [-0.4, -0.2) is 42.6 Å². The molecule has 1 atom stereocenters. The highest BCUT2D eigenvalue weighted by Gasteiger charge is 2.45. The molecule has 1 fully saturated rings. The average Bonchev–Trinajstić information content (AvgIpc) is 2.91. The van der Waals surface area contributed by atoms with E-state index in [0.717, 1.165) is 19.5 Å². The first-order chi connectivity index (χ1) is 10.2. The van der Waals surface area contributed by atoms with E-state index in [9.17, 15) is 4.79 Å². The number of hydrogen-bond donors (Lipinski definition) is 1. The Labute approximate surface area is 126 Å². The number of rotatable bonds is 7. The summed E-state index contributed by atoms with van der Waals surface area (Å²) in [4.78, 5) is 14.6. The van der Waals surface area contributed by atoms with Gasteiger partial charge in [-0.3, -0.25) is 10.2 Å². The van der Waals surface area contributed by atoms with Gasteiger partial charge < -0.3 is 4.74 Å². The van der Waals surface area contributed by atoms with Gasteiger partial charge in [-0.05, 0) is 18.9 Å². The van der Waals surface area contributed by atoms with Crippen LogP contribution in [0.2, 0.25) is 0 Å². The largest absolute Gasteiger partial charge is 0.465 e. The van der Waals surface area contributed by atoms with E-state index in [-0.39, 0.29) is 5.97 Å². The minimum Gasteiger partial charge on any atom is -0.465 e. The average molecular weight is 288 g/mol. The zero-order chi connectivity index (χ0) is 15.1. The van der Waals surface area contributed by atoms with Crippen molar-refractivity contribution in [2.24, 2.45) is 0 Å². The second kappa shape index (κ2) is 7.38. The lowest BCUT2D eigenvalue weighted by molar-refractivity contribution is -0.150. The summed E-state index contributed by atoms with van der Waals surface area (Å²) in [5, 5.41) is 3.31. The lowest BCUT2D eigenvalue weighted by Gasteiger charge is -2.28. The molecule has 4 heteroatoms. The van der Waals surface area contributed by atoms with E-state index in [1.54, 1.807) is 6.08 Å². The Morgan fingerprint density at radius 1 is 1.48 bits per heavy atom. The zero-order valence-electron chi connectivity index (χ0n) is 12.7. The molecule has 1 heterocycles. The maximum absolute atomic E-state index is 12.3. The molecule has 1 aliphatic heterocycles. The molecule has 1 N–H and O–H groups in total. The van der Waals surface area contributed by atoms with E-state index in [0.29, 0.717) is 19.7 Å². The Morgan fingerprint density at radius 3 is 2.90 bits per heavy atom. The Morgan fingerprint density at radius 2 is 2.24 bits per heavy atom. The summed E-state index contributed by atoms with van der Waals surface area (Å²) in [7, 11) is 0. The molecule has 0 amide bonds. The first-order valence-corrected chi connectivity index (χ1v) is 7.49. The molecule has 0 radical (unpaired) electrons. The highest BCUT2D eigenvalue weighted by molar-refractivity contribution is 5.81. The molecule has 2 rings (SSSR count). The van der Waals surface area contributed by atoms with Gasteiger partial charge in [-0.1, -0.05) is 36.4 Å². The van der Waals surface area contributed by atoms with Gasteiger partial charge in [0.2, 0.25) is 0 Å². The van der Waals surface area contributed by atoms with Crippen molar-refractivity contribution in [3.8, 4) is 0 Å². The number of nitrogens with zero attached hydrogens (tertiary/aromatic N) is 1. The van der Waals surface area contributed by atoms with Crippen molar-refractivity contribution in [2.75, 3.05) is 26.2 Å². The molecule has 0 bridgehead atoms. The third-order valence-corrected chi connectivity index (χ3v) is 3.85. The summed E-state index contributed by atoms with van der Waals surface area (Å²) in [6.07, 6.45) is 2.55. The van der Waals surface area contributed by atoms with Crippen LogP contribution in [0.4, 0.5) is 0 Å². The molecule has 114 valence electrons. The third kappa shape index (κ3) is 3.93. The van der Waals surface area contributed by atoms with Gasteiger partial charge >= 0.3 is 5.97 Å². The van der Waals surface area contributed by atoms with Crippen LogP contribution in [0.25, 0.3) is 0 Å². The molecule has 0 aromatic heterocycles. The zero-order valence-corrected chi connectivity index (χ0v) is 12.7. The topological polar surface area (TPSA) is 41.6 Å². The number of carbonyl (C=O) groups is 1. The minimum atomic E-state index is -0.598. The molecule has 0 aliphatic carbocycles. The second-order valence-electron chi connectivity index (χ2n) is 5.42. The van der Waals surface area contributed by atoms with Gasteiger partial charge in [0.25, 0.3) is 0 Å². The number of esters is 1. The SMILES string of the molecule is C=CCNC1(C(=O)OCC)CCN(Cc2ccccc2)C1. The Kier molecular flexibility index (Phi) is 5.53. The number of carbonyl (C=O) groups excluding carboxylic acids is 1. The van der Waals surface area contributed by atoms with Crippen LogP contribution in [0.15, 0.2) is 43.0 Å². The molecule has 1 aromatic carbocycles. The number of likely N-dealkylation sites (tertiary alicyclic amines) is 1. The Hall–Kier alpha value is -1.65. The molecular weight excluding hydrogens is 264 g/mol. The van der Waals surface area contributed by atoms with Crippen LogP contribution >= 0.6 is 0 Å². The molecular formula is C17H24N2O2. The van der Waals surface area contributed by atoms with E-state index in [1.807, 2.05) is 25.1 Å². The van der Waals surface area contributed by atoms with Crippen molar-refractivity contribution in [2.45, 2.75) is 25.4 Å². The quantitative estimate of drug-likeness (QED) is 0.615. The molecule has 4 nitrogen and oxygen atoms in total. The number of hydrogen-bond acceptors (Lipinski definition) is 4. The summed E-state index contributed by atoms with van der Waals surface area (Å²) < 4.78 is 5.26. The molecule has 1 saturated heterocycles. The summed E-state index contributed by atoms with van der Waals surface area (Å²) in [6.45, 7) is 9.00. The van der Waals surface area contributed by atoms with E-state index in [4.69, 9.17) is 4.74 Å². The van der Waals surface area contributed by atoms with E-state index >= 15 is 0 Å². The normalized spacial score (nSPS) is 22.1. The maximum atomic E-state index is 12.3. The number of ether oxygens (including phenoxy) is 1. The second-order valence-corrected chi connectivity index (χ2v) is 5.42. The number of benzene rings is 1. The lowest BCUT2D eigenvalue weighted by Crippen LogP contribution is -2.54. The van der Waals surface area contributed by atoms with Gasteiger partial charge in [0.15, 0.2) is 0 Å². The monoisotopic (exact) mass is 288 g/mol. The molecule has 1 unspecified atom stereocenters. The molecule has 0 saturated carbocycles. The van der Waals surface area contributed by atoms with Gasteiger partial charge in [0.05, 0.1) is 6.61 Å². The molecule has 21 heavy (non-hydrogen) atoms. The van der Waals surface area contributed by atoms with Crippen molar-refractivity contribution in [3.63, 3.8) is 0 Å². The van der Waals surface area contributed by atoms with Crippen LogP contribution in [0.5, 0.6) is 0 Å². The van der Waals surface area contributed by atoms with E-state index in [2.05, 4.69) is 28.9 Å². The van der Waals surface area contributed by atoms with Crippen molar-refractivity contribution in [1.82, 2.24) is 10.2 Å². The smallest absolute Gasteiger partial charge is 0.327 e.